The highest BCUT2D eigenvalue weighted by atomic mass is 35.5. The number of nitro groups is 1. The minimum atomic E-state index is -1.47. The van der Waals surface area contributed by atoms with Crippen molar-refractivity contribution in [3.8, 4) is 5.75 Å². The third kappa shape index (κ3) is 6.91. The molecule has 0 spiro atoms. The average Bonchev–Trinajstić information content (AvgIpc) is 2.70. The van der Waals surface area contributed by atoms with Gasteiger partial charge in [0.25, 0.3) is 11.6 Å². The quantitative estimate of drug-likeness (QED) is 0.314. The lowest BCUT2D eigenvalue weighted by atomic mass is 10.1. The topological polar surface area (TPSA) is 198 Å². The van der Waals surface area contributed by atoms with Gasteiger partial charge in [-0.3, -0.25) is 25.0 Å². The first-order valence-electron chi connectivity index (χ1n) is 8.71. The zero-order valence-electron chi connectivity index (χ0n) is 16.0. The molecule has 32 heavy (non-hydrogen) atoms. The minimum absolute atomic E-state index is 0.0317. The summed E-state index contributed by atoms with van der Waals surface area (Å²) in [6.45, 7) is 0. The molecule has 13 nitrogen and oxygen atoms in total. The number of carboxylic acid groups (broad SMARTS) is 2. The van der Waals surface area contributed by atoms with Crippen molar-refractivity contribution in [2.24, 2.45) is 0 Å². The molecule has 0 bridgehead atoms. The number of pyridine rings is 1. The number of aromatic nitrogens is 1. The molecule has 0 aliphatic heterocycles. The van der Waals surface area contributed by atoms with Gasteiger partial charge in [0.1, 0.15) is 17.5 Å². The number of ether oxygens (including phenoxy) is 1. The largest absolute Gasteiger partial charge is 0.481 e. The van der Waals surface area contributed by atoms with E-state index >= 15 is 0 Å². The Morgan fingerprint density at radius 1 is 1.19 bits per heavy atom. The Morgan fingerprint density at radius 2 is 1.84 bits per heavy atom. The summed E-state index contributed by atoms with van der Waals surface area (Å²) in [4.78, 5) is 59.8. The van der Waals surface area contributed by atoms with Crippen molar-refractivity contribution in [1.29, 1.82) is 0 Å². The standard InChI is InChI=1S/C18H15ClN4O9/c19-12-7-9(21-18(29)32-11-3-1-10(2-4-11)23(30)31)8-20-15(12)16(26)22-13(17(27)28)5-6-14(24)25/h1-4,7-8,13H,5-6H2,(H,21,29)(H,22,26)(H,24,25)(H,27,28). The maximum atomic E-state index is 12.2. The number of hydrogen-bond acceptors (Lipinski definition) is 8. The van der Waals surface area contributed by atoms with E-state index in [-0.39, 0.29) is 34.3 Å². The summed E-state index contributed by atoms with van der Waals surface area (Å²) in [5.41, 5.74) is -0.489. The SMILES string of the molecule is O=C(O)CCC(NC(=O)c1ncc(NC(=O)Oc2ccc([N+](=O)[O-])cc2)cc1Cl)C(=O)O. The first-order chi connectivity index (χ1) is 15.1. The van der Waals surface area contributed by atoms with Crippen LogP contribution >= 0.6 is 11.6 Å². The van der Waals surface area contributed by atoms with Gasteiger partial charge in [-0.2, -0.15) is 0 Å². The summed E-state index contributed by atoms with van der Waals surface area (Å²) < 4.78 is 4.96. The monoisotopic (exact) mass is 466 g/mol. The second-order valence-electron chi connectivity index (χ2n) is 6.12. The van der Waals surface area contributed by atoms with Crippen LogP contribution in [0.4, 0.5) is 16.2 Å². The highest BCUT2D eigenvalue weighted by molar-refractivity contribution is 6.33. The molecular formula is C18H15ClN4O9. The minimum Gasteiger partial charge on any atom is -0.481 e. The molecule has 0 saturated heterocycles. The van der Waals surface area contributed by atoms with E-state index in [1.54, 1.807) is 0 Å². The van der Waals surface area contributed by atoms with Crippen LogP contribution < -0.4 is 15.4 Å². The molecule has 1 aromatic heterocycles. The van der Waals surface area contributed by atoms with Crippen LogP contribution in [0, 0.1) is 10.1 Å². The Hall–Kier alpha value is -4.26. The van der Waals surface area contributed by atoms with Gasteiger partial charge in [-0.25, -0.2) is 14.6 Å². The average molecular weight is 467 g/mol. The molecule has 1 atom stereocenters. The first kappa shape index (κ1) is 24.0. The van der Waals surface area contributed by atoms with E-state index in [0.29, 0.717) is 0 Å². The Morgan fingerprint density at radius 3 is 2.38 bits per heavy atom. The predicted molar refractivity (Wildman–Crippen MR) is 108 cm³/mol. The Bertz CT molecular complexity index is 1060. The third-order valence-electron chi connectivity index (χ3n) is 3.81. The summed E-state index contributed by atoms with van der Waals surface area (Å²) in [5.74, 6) is -3.57. The number of nitro benzene ring substituents is 1. The normalized spacial score (nSPS) is 11.2. The second kappa shape index (κ2) is 10.7. The van der Waals surface area contributed by atoms with Crippen LogP contribution in [0.25, 0.3) is 0 Å². The van der Waals surface area contributed by atoms with E-state index < -0.39 is 41.3 Å². The zero-order valence-corrected chi connectivity index (χ0v) is 16.7. The maximum Gasteiger partial charge on any atom is 0.417 e. The van der Waals surface area contributed by atoms with E-state index in [9.17, 15) is 29.3 Å². The number of amides is 2. The number of non-ortho nitro benzene ring substituents is 1. The van der Waals surface area contributed by atoms with Gasteiger partial charge in [-0.1, -0.05) is 11.6 Å². The number of carbonyl (C=O) groups is 4. The fraction of sp³-hybridized carbons (Fsp3) is 0.167. The number of anilines is 1. The summed E-state index contributed by atoms with van der Waals surface area (Å²) in [7, 11) is 0. The zero-order chi connectivity index (χ0) is 23.8. The fourth-order valence-electron chi connectivity index (χ4n) is 2.31. The molecule has 2 aromatic rings. The highest BCUT2D eigenvalue weighted by Gasteiger charge is 2.23. The van der Waals surface area contributed by atoms with Crippen LogP contribution in [-0.2, 0) is 9.59 Å². The molecule has 1 aromatic carbocycles. The number of carbonyl (C=O) groups excluding carboxylic acids is 2. The van der Waals surface area contributed by atoms with Gasteiger partial charge in [-0.15, -0.1) is 0 Å². The first-order valence-corrected chi connectivity index (χ1v) is 9.09. The predicted octanol–water partition coefficient (Wildman–Crippen LogP) is 2.30. The lowest BCUT2D eigenvalue weighted by Crippen LogP contribution is -2.41. The summed E-state index contributed by atoms with van der Waals surface area (Å²) in [6.07, 6.45) is -0.723. The lowest BCUT2D eigenvalue weighted by Gasteiger charge is -2.14. The maximum absolute atomic E-state index is 12.2. The molecule has 0 radical (unpaired) electrons. The molecule has 0 fully saturated rings. The summed E-state index contributed by atoms with van der Waals surface area (Å²) in [6, 6.07) is 4.43. The van der Waals surface area contributed by atoms with Gasteiger partial charge in [0.05, 0.1) is 21.8 Å². The molecular weight excluding hydrogens is 452 g/mol. The van der Waals surface area contributed by atoms with Crippen LogP contribution in [0.5, 0.6) is 5.75 Å². The van der Waals surface area contributed by atoms with Crippen molar-refractivity contribution in [3.05, 3.63) is 57.4 Å². The van der Waals surface area contributed by atoms with Gasteiger partial charge >= 0.3 is 18.0 Å². The molecule has 4 N–H and O–H groups in total. The van der Waals surface area contributed by atoms with E-state index in [0.717, 1.165) is 24.4 Å². The molecule has 168 valence electrons. The number of hydrogen-bond donors (Lipinski definition) is 4. The number of halogens is 1. The molecule has 2 amide bonds. The van der Waals surface area contributed by atoms with E-state index in [1.807, 2.05) is 0 Å². The van der Waals surface area contributed by atoms with Crippen LogP contribution in [0.15, 0.2) is 36.5 Å². The number of rotatable bonds is 9. The van der Waals surface area contributed by atoms with E-state index in [1.165, 1.54) is 12.1 Å². The molecule has 0 aliphatic carbocycles. The Kier molecular flexibility index (Phi) is 8.01. The smallest absolute Gasteiger partial charge is 0.417 e. The molecule has 0 aliphatic rings. The number of benzene rings is 1. The van der Waals surface area contributed by atoms with Crippen molar-refractivity contribution in [2.45, 2.75) is 18.9 Å². The van der Waals surface area contributed by atoms with E-state index in [2.05, 4.69) is 15.6 Å². The van der Waals surface area contributed by atoms with Gasteiger partial charge < -0.3 is 20.3 Å². The number of carboxylic acids is 2. The Balaban J connectivity index is 2.01. The van der Waals surface area contributed by atoms with Crippen molar-refractivity contribution >= 4 is 46.9 Å². The fourth-order valence-corrected chi connectivity index (χ4v) is 2.56. The number of nitrogens with one attached hydrogen (secondary N) is 2. The second-order valence-corrected chi connectivity index (χ2v) is 6.52. The highest BCUT2D eigenvalue weighted by Crippen LogP contribution is 2.21. The van der Waals surface area contributed by atoms with Gasteiger partial charge in [0.15, 0.2) is 0 Å². The van der Waals surface area contributed by atoms with Crippen LogP contribution in [0.2, 0.25) is 5.02 Å². The Labute approximate surface area is 184 Å². The summed E-state index contributed by atoms with van der Waals surface area (Å²) in [5, 5.41) is 32.6. The van der Waals surface area contributed by atoms with Crippen molar-refractivity contribution in [3.63, 3.8) is 0 Å². The molecule has 1 unspecified atom stereocenters. The van der Waals surface area contributed by atoms with Crippen LogP contribution in [0.1, 0.15) is 23.3 Å². The lowest BCUT2D eigenvalue weighted by molar-refractivity contribution is -0.384. The summed E-state index contributed by atoms with van der Waals surface area (Å²) >= 11 is 5.98. The van der Waals surface area contributed by atoms with Gasteiger partial charge in [0.2, 0.25) is 0 Å². The van der Waals surface area contributed by atoms with Crippen LogP contribution in [-0.4, -0.2) is 50.1 Å². The van der Waals surface area contributed by atoms with Gasteiger partial charge in [0, 0.05) is 18.6 Å². The molecule has 2 rings (SSSR count). The molecule has 14 heteroatoms. The molecule has 0 saturated carbocycles. The number of nitrogens with zero attached hydrogens (tertiary/aromatic N) is 2. The van der Waals surface area contributed by atoms with Crippen molar-refractivity contribution in [1.82, 2.24) is 10.3 Å². The van der Waals surface area contributed by atoms with Crippen molar-refractivity contribution < 1.29 is 39.1 Å². The van der Waals surface area contributed by atoms with Gasteiger partial charge in [-0.05, 0) is 24.6 Å². The third-order valence-corrected chi connectivity index (χ3v) is 4.10. The van der Waals surface area contributed by atoms with Crippen molar-refractivity contribution in [2.75, 3.05) is 5.32 Å². The number of aliphatic carboxylic acids is 2. The molecule has 1 heterocycles. The van der Waals surface area contributed by atoms with E-state index in [4.69, 9.17) is 26.6 Å². The van der Waals surface area contributed by atoms with Crippen LogP contribution in [0.3, 0.4) is 0 Å².